The first-order valence-corrected chi connectivity index (χ1v) is 4.70. The van der Waals surface area contributed by atoms with Crippen molar-refractivity contribution in [2.75, 3.05) is 0 Å². The van der Waals surface area contributed by atoms with Crippen molar-refractivity contribution in [1.29, 1.82) is 5.26 Å². The second kappa shape index (κ2) is 3.76. The molecule has 0 aliphatic heterocycles. The molecule has 0 aromatic heterocycles. The van der Waals surface area contributed by atoms with E-state index < -0.39 is 11.2 Å². The van der Waals surface area contributed by atoms with Gasteiger partial charge in [0.2, 0.25) is 0 Å². The molecule has 14 heavy (non-hydrogen) atoms. The Kier molecular flexibility index (Phi) is 3.04. The molecule has 0 heterocycles. The van der Waals surface area contributed by atoms with Crippen LogP contribution in [0, 0.1) is 17.1 Å². The summed E-state index contributed by atoms with van der Waals surface area (Å²) in [6.45, 7) is 3.31. The van der Waals surface area contributed by atoms with Crippen LogP contribution in [0.4, 0.5) is 4.39 Å². The van der Waals surface area contributed by atoms with Crippen molar-refractivity contribution in [2.45, 2.75) is 19.3 Å². The van der Waals surface area contributed by atoms with Crippen molar-refractivity contribution in [1.82, 2.24) is 0 Å². The quantitative estimate of drug-likeness (QED) is 0.673. The number of benzene rings is 1. The molecule has 0 aliphatic carbocycles. The minimum absolute atomic E-state index is 0.130. The van der Waals surface area contributed by atoms with Crippen molar-refractivity contribution in [3.05, 3.63) is 33.6 Å². The molecule has 0 atom stereocenters. The lowest BCUT2D eigenvalue weighted by Gasteiger charge is -2.18. The van der Waals surface area contributed by atoms with E-state index in [9.17, 15) is 4.39 Å². The van der Waals surface area contributed by atoms with Crippen LogP contribution in [0.3, 0.4) is 0 Å². The molecule has 4 heteroatoms. The molecular formula is C10H8Cl2FN. The Hall–Kier alpha value is -0.780. The van der Waals surface area contributed by atoms with Crippen LogP contribution >= 0.6 is 23.2 Å². The van der Waals surface area contributed by atoms with E-state index in [1.807, 2.05) is 6.07 Å². The number of nitrogens with zero attached hydrogens (tertiary/aromatic N) is 1. The Labute approximate surface area is 92.1 Å². The fourth-order valence-electron chi connectivity index (χ4n) is 1.07. The van der Waals surface area contributed by atoms with Gasteiger partial charge in [0, 0.05) is 0 Å². The molecule has 1 nitrogen and oxygen atoms in total. The summed E-state index contributed by atoms with van der Waals surface area (Å²) in [6, 6.07) is 4.40. The standard InChI is InChI=1S/C10H8Cl2FN/c1-10(2,5-14)7-3-6(13)4-8(11)9(7)12/h3-4H,1-2H3. The molecule has 0 N–H and O–H groups in total. The number of hydrogen-bond donors (Lipinski definition) is 0. The van der Waals surface area contributed by atoms with Gasteiger partial charge in [-0.25, -0.2) is 4.39 Å². The molecule has 0 radical (unpaired) electrons. The average Bonchev–Trinajstić information content (AvgIpc) is 2.11. The molecule has 0 aliphatic rings. The Morgan fingerprint density at radius 3 is 2.43 bits per heavy atom. The van der Waals surface area contributed by atoms with E-state index in [0.29, 0.717) is 5.56 Å². The second-order valence-corrected chi connectivity index (χ2v) is 4.27. The zero-order valence-electron chi connectivity index (χ0n) is 7.74. The van der Waals surface area contributed by atoms with Crippen molar-refractivity contribution in [2.24, 2.45) is 0 Å². The van der Waals surface area contributed by atoms with E-state index in [1.54, 1.807) is 13.8 Å². The van der Waals surface area contributed by atoms with Gasteiger partial charge < -0.3 is 0 Å². The van der Waals surface area contributed by atoms with E-state index in [1.165, 1.54) is 6.07 Å². The molecule has 0 fully saturated rings. The first kappa shape index (κ1) is 11.3. The molecule has 0 spiro atoms. The van der Waals surface area contributed by atoms with Gasteiger partial charge in [0.05, 0.1) is 21.5 Å². The fourth-order valence-corrected chi connectivity index (χ4v) is 1.62. The van der Waals surface area contributed by atoms with Crippen molar-refractivity contribution < 1.29 is 4.39 Å². The molecule has 0 saturated heterocycles. The highest BCUT2D eigenvalue weighted by molar-refractivity contribution is 6.42. The van der Waals surface area contributed by atoms with Gasteiger partial charge in [0.15, 0.2) is 0 Å². The van der Waals surface area contributed by atoms with Gasteiger partial charge in [-0.1, -0.05) is 23.2 Å². The summed E-state index contributed by atoms with van der Waals surface area (Å²) in [5.41, 5.74) is -0.435. The van der Waals surface area contributed by atoms with E-state index in [4.69, 9.17) is 28.5 Å². The normalized spacial score (nSPS) is 11.1. The van der Waals surface area contributed by atoms with Gasteiger partial charge in [-0.2, -0.15) is 5.26 Å². The van der Waals surface area contributed by atoms with Gasteiger partial charge in [-0.05, 0) is 31.5 Å². The summed E-state index contributed by atoms with van der Waals surface area (Å²) < 4.78 is 13.0. The predicted molar refractivity (Wildman–Crippen MR) is 55.1 cm³/mol. The van der Waals surface area contributed by atoms with Crippen LogP contribution in [0.1, 0.15) is 19.4 Å². The maximum atomic E-state index is 13.0. The lowest BCUT2D eigenvalue weighted by atomic mass is 9.86. The fraction of sp³-hybridized carbons (Fsp3) is 0.300. The summed E-state index contributed by atoms with van der Waals surface area (Å²) in [7, 11) is 0. The largest absolute Gasteiger partial charge is 0.207 e. The number of nitriles is 1. The predicted octanol–water partition coefficient (Wildman–Crippen LogP) is 3.93. The van der Waals surface area contributed by atoms with Crippen LogP contribution in [0.25, 0.3) is 0 Å². The van der Waals surface area contributed by atoms with Gasteiger partial charge in [0.25, 0.3) is 0 Å². The maximum absolute atomic E-state index is 13.0. The van der Waals surface area contributed by atoms with Crippen molar-refractivity contribution in [3.8, 4) is 6.07 Å². The Morgan fingerprint density at radius 2 is 1.93 bits per heavy atom. The van der Waals surface area contributed by atoms with E-state index in [2.05, 4.69) is 0 Å². The summed E-state index contributed by atoms with van der Waals surface area (Å²) in [5.74, 6) is -0.488. The third-order valence-electron chi connectivity index (χ3n) is 1.95. The van der Waals surface area contributed by atoms with Gasteiger partial charge >= 0.3 is 0 Å². The number of rotatable bonds is 1. The first-order chi connectivity index (χ1) is 6.38. The van der Waals surface area contributed by atoms with E-state index in [0.717, 1.165) is 6.07 Å². The minimum atomic E-state index is -0.844. The molecule has 1 aromatic rings. The van der Waals surface area contributed by atoms with Gasteiger partial charge in [-0.15, -0.1) is 0 Å². The molecule has 74 valence electrons. The van der Waals surface area contributed by atoms with Crippen LogP contribution < -0.4 is 0 Å². The topological polar surface area (TPSA) is 23.8 Å². The lowest BCUT2D eigenvalue weighted by molar-refractivity contribution is 0.613. The number of hydrogen-bond acceptors (Lipinski definition) is 1. The minimum Gasteiger partial charge on any atom is -0.207 e. The van der Waals surface area contributed by atoms with Gasteiger partial charge in [-0.3, -0.25) is 0 Å². The van der Waals surface area contributed by atoms with Crippen LogP contribution in [0.2, 0.25) is 10.0 Å². The van der Waals surface area contributed by atoms with Crippen LogP contribution in [0.15, 0.2) is 12.1 Å². The summed E-state index contributed by atoms with van der Waals surface area (Å²) in [4.78, 5) is 0. The molecule has 0 bridgehead atoms. The highest BCUT2D eigenvalue weighted by Crippen LogP contribution is 2.34. The molecule has 0 saturated carbocycles. The summed E-state index contributed by atoms with van der Waals surface area (Å²) >= 11 is 11.6. The Bertz CT molecular complexity index is 407. The SMILES string of the molecule is CC(C)(C#N)c1cc(F)cc(Cl)c1Cl. The third-order valence-corrected chi connectivity index (χ3v) is 2.75. The Balaban J connectivity index is 3.44. The molecule has 0 unspecified atom stereocenters. The average molecular weight is 232 g/mol. The zero-order chi connectivity index (χ0) is 10.9. The zero-order valence-corrected chi connectivity index (χ0v) is 9.25. The van der Waals surface area contributed by atoms with E-state index >= 15 is 0 Å². The van der Waals surface area contributed by atoms with Crippen LogP contribution in [-0.2, 0) is 5.41 Å². The maximum Gasteiger partial charge on any atom is 0.125 e. The molecule has 1 aromatic carbocycles. The van der Waals surface area contributed by atoms with Crippen molar-refractivity contribution >= 4 is 23.2 Å². The third kappa shape index (κ3) is 2.00. The highest BCUT2D eigenvalue weighted by atomic mass is 35.5. The Morgan fingerprint density at radius 1 is 1.36 bits per heavy atom. The van der Waals surface area contributed by atoms with E-state index in [-0.39, 0.29) is 10.0 Å². The first-order valence-electron chi connectivity index (χ1n) is 3.95. The second-order valence-electron chi connectivity index (χ2n) is 3.49. The summed E-state index contributed by atoms with van der Waals surface area (Å²) in [6.07, 6.45) is 0. The summed E-state index contributed by atoms with van der Waals surface area (Å²) in [5, 5.41) is 9.24. The molecule has 0 amide bonds. The lowest BCUT2D eigenvalue weighted by Crippen LogP contribution is -2.15. The molecular weight excluding hydrogens is 224 g/mol. The smallest absolute Gasteiger partial charge is 0.125 e. The van der Waals surface area contributed by atoms with Crippen molar-refractivity contribution in [3.63, 3.8) is 0 Å². The van der Waals surface area contributed by atoms with Crippen LogP contribution in [-0.4, -0.2) is 0 Å². The van der Waals surface area contributed by atoms with Crippen LogP contribution in [0.5, 0.6) is 0 Å². The van der Waals surface area contributed by atoms with Gasteiger partial charge in [0.1, 0.15) is 5.82 Å². The monoisotopic (exact) mass is 231 g/mol. The number of halogens is 3. The molecule has 1 rings (SSSR count). The highest BCUT2D eigenvalue weighted by Gasteiger charge is 2.24.